The van der Waals surface area contributed by atoms with E-state index in [2.05, 4.69) is 40.0 Å². The molecule has 5 nitrogen and oxygen atoms in total. The summed E-state index contributed by atoms with van der Waals surface area (Å²) < 4.78 is 0. The second-order valence-electron chi connectivity index (χ2n) is 11.1. The number of carboxylic acid groups (broad SMARTS) is 1. The SMILES string of the molecule is C=C/C(C)=C/CC1C2(C)CCCC(C)(C)C2CC(O)C1(O)CSCC(C(=C)C(C)=O)C(=O)O. The van der Waals surface area contributed by atoms with Crippen molar-refractivity contribution in [1.82, 2.24) is 0 Å². The number of fused-ring (bicyclic) bond motifs is 1. The molecule has 0 radical (unpaired) electrons. The topological polar surface area (TPSA) is 94.8 Å². The van der Waals surface area contributed by atoms with E-state index in [1.54, 1.807) is 6.08 Å². The average Bonchev–Trinajstić information content (AvgIpc) is 2.71. The van der Waals surface area contributed by atoms with Crippen LogP contribution in [0.15, 0.2) is 36.5 Å². The van der Waals surface area contributed by atoms with E-state index in [-0.39, 0.29) is 45.5 Å². The maximum absolute atomic E-state index is 12.0. The van der Waals surface area contributed by atoms with E-state index in [1.807, 2.05) is 6.92 Å². The molecule has 6 unspecified atom stereocenters. The van der Waals surface area contributed by atoms with Crippen LogP contribution in [0.1, 0.15) is 66.7 Å². The summed E-state index contributed by atoms with van der Waals surface area (Å²) in [5.74, 6) is -2.01. The van der Waals surface area contributed by atoms with Crippen molar-refractivity contribution in [3.63, 3.8) is 0 Å². The number of hydrogen-bond acceptors (Lipinski definition) is 5. The molecule has 0 saturated heterocycles. The maximum Gasteiger partial charge on any atom is 0.311 e. The maximum atomic E-state index is 12.0. The number of carbonyl (C=O) groups is 2. The highest BCUT2D eigenvalue weighted by Gasteiger charge is 2.62. The van der Waals surface area contributed by atoms with Gasteiger partial charge in [-0.05, 0) is 56.3 Å². The molecule has 0 amide bonds. The normalized spacial score (nSPS) is 34.8. The highest BCUT2D eigenvalue weighted by molar-refractivity contribution is 7.99. The molecule has 2 aliphatic rings. The van der Waals surface area contributed by atoms with Crippen LogP contribution in [0.4, 0.5) is 0 Å². The lowest BCUT2D eigenvalue weighted by molar-refractivity contribution is -0.215. The zero-order chi connectivity index (χ0) is 25.2. The van der Waals surface area contributed by atoms with Crippen LogP contribution < -0.4 is 0 Å². The zero-order valence-corrected chi connectivity index (χ0v) is 21.7. The fourth-order valence-corrected chi connectivity index (χ4v) is 7.78. The lowest BCUT2D eigenvalue weighted by Gasteiger charge is -2.63. The predicted octanol–water partition coefficient (Wildman–Crippen LogP) is 5.03. The number of ketones is 1. The van der Waals surface area contributed by atoms with E-state index in [1.165, 1.54) is 18.7 Å². The summed E-state index contributed by atoms with van der Waals surface area (Å²) in [4.78, 5) is 23.4. The highest BCUT2D eigenvalue weighted by atomic mass is 32.2. The molecule has 0 aromatic heterocycles. The second kappa shape index (κ2) is 10.5. The van der Waals surface area contributed by atoms with Crippen molar-refractivity contribution in [2.45, 2.75) is 78.4 Å². The van der Waals surface area contributed by atoms with E-state index in [9.17, 15) is 24.9 Å². The number of rotatable bonds is 10. The summed E-state index contributed by atoms with van der Waals surface area (Å²) >= 11 is 1.28. The Morgan fingerprint density at radius 3 is 2.39 bits per heavy atom. The van der Waals surface area contributed by atoms with E-state index in [4.69, 9.17) is 0 Å². The van der Waals surface area contributed by atoms with Gasteiger partial charge in [0.2, 0.25) is 0 Å². The summed E-state index contributed by atoms with van der Waals surface area (Å²) in [6.45, 7) is 17.6. The molecule has 33 heavy (non-hydrogen) atoms. The number of aliphatic carboxylic acids is 1. The van der Waals surface area contributed by atoms with Crippen molar-refractivity contribution in [3.8, 4) is 0 Å². The lowest BCUT2D eigenvalue weighted by atomic mass is 9.44. The van der Waals surface area contributed by atoms with Crippen molar-refractivity contribution >= 4 is 23.5 Å². The smallest absolute Gasteiger partial charge is 0.311 e. The van der Waals surface area contributed by atoms with Gasteiger partial charge in [0.05, 0.1) is 12.0 Å². The van der Waals surface area contributed by atoms with Gasteiger partial charge < -0.3 is 15.3 Å². The van der Waals surface area contributed by atoms with Crippen LogP contribution in [0.2, 0.25) is 0 Å². The third kappa shape index (κ3) is 5.66. The van der Waals surface area contributed by atoms with Crippen LogP contribution in [-0.2, 0) is 9.59 Å². The first-order valence-electron chi connectivity index (χ1n) is 11.9. The molecular formula is C27H42O5S. The largest absolute Gasteiger partial charge is 0.481 e. The minimum atomic E-state index is -1.36. The van der Waals surface area contributed by atoms with Gasteiger partial charge in [0, 0.05) is 23.0 Å². The van der Waals surface area contributed by atoms with E-state index in [0.29, 0.717) is 12.8 Å². The Labute approximate surface area is 203 Å². The highest BCUT2D eigenvalue weighted by Crippen LogP contribution is 2.63. The zero-order valence-electron chi connectivity index (χ0n) is 20.9. The van der Waals surface area contributed by atoms with Gasteiger partial charge in [-0.3, -0.25) is 9.59 Å². The quantitative estimate of drug-likeness (QED) is 0.301. The number of allylic oxidation sites excluding steroid dienone is 3. The molecule has 6 heteroatoms. The Kier molecular flexibility index (Phi) is 8.86. The number of hydrogen-bond donors (Lipinski definition) is 3. The molecule has 0 bridgehead atoms. The molecule has 2 fully saturated rings. The summed E-state index contributed by atoms with van der Waals surface area (Å²) in [5, 5.41) is 32.9. The van der Waals surface area contributed by atoms with Crippen LogP contribution in [0.5, 0.6) is 0 Å². The summed E-state index contributed by atoms with van der Waals surface area (Å²) in [5.41, 5.74) is -0.339. The second-order valence-corrected chi connectivity index (χ2v) is 12.1. The molecule has 6 atom stereocenters. The first-order chi connectivity index (χ1) is 15.2. The first kappa shape index (κ1) is 27.9. The van der Waals surface area contributed by atoms with E-state index < -0.39 is 23.6 Å². The Balaban J connectivity index is 2.36. The fraction of sp³-hybridized carbons (Fsp3) is 0.704. The molecule has 2 aliphatic carbocycles. The predicted molar refractivity (Wildman–Crippen MR) is 135 cm³/mol. The van der Waals surface area contributed by atoms with Crippen molar-refractivity contribution in [3.05, 3.63) is 36.5 Å². The van der Waals surface area contributed by atoms with Gasteiger partial charge in [0.15, 0.2) is 5.78 Å². The van der Waals surface area contributed by atoms with Crippen LogP contribution in [0, 0.1) is 28.6 Å². The van der Waals surface area contributed by atoms with Crippen molar-refractivity contribution in [2.24, 2.45) is 28.6 Å². The first-order valence-corrected chi connectivity index (χ1v) is 13.1. The Morgan fingerprint density at radius 2 is 1.85 bits per heavy atom. The molecule has 0 spiro atoms. The molecule has 0 aliphatic heterocycles. The summed E-state index contributed by atoms with van der Waals surface area (Å²) in [6, 6.07) is 0. The molecule has 0 aromatic rings. The third-order valence-corrected chi connectivity index (χ3v) is 9.73. The van der Waals surface area contributed by atoms with Crippen LogP contribution in [0.25, 0.3) is 0 Å². The number of carbonyl (C=O) groups excluding carboxylic acids is 1. The molecule has 3 N–H and O–H groups in total. The van der Waals surface area contributed by atoms with Gasteiger partial charge in [-0.15, -0.1) is 0 Å². The third-order valence-electron chi connectivity index (χ3n) is 8.50. The van der Waals surface area contributed by atoms with Gasteiger partial charge in [0.1, 0.15) is 5.60 Å². The molecule has 0 heterocycles. The fourth-order valence-electron chi connectivity index (χ4n) is 6.37. The molecule has 0 aromatic carbocycles. The van der Waals surface area contributed by atoms with Gasteiger partial charge in [0.25, 0.3) is 0 Å². The van der Waals surface area contributed by atoms with Gasteiger partial charge >= 0.3 is 5.97 Å². The van der Waals surface area contributed by atoms with Gasteiger partial charge in [-0.25, -0.2) is 0 Å². The summed E-state index contributed by atoms with van der Waals surface area (Å²) in [7, 11) is 0. The number of carboxylic acids is 1. The molecule has 2 rings (SSSR count). The van der Waals surface area contributed by atoms with Gasteiger partial charge in [-0.2, -0.15) is 11.8 Å². The Hall–Kier alpha value is -1.37. The van der Waals surface area contributed by atoms with Crippen LogP contribution in [-0.4, -0.2) is 50.3 Å². The van der Waals surface area contributed by atoms with E-state index in [0.717, 1.165) is 24.8 Å². The number of Topliss-reactive ketones (excluding diaryl/α,β-unsaturated/α-hetero) is 1. The van der Waals surface area contributed by atoms with Crippen molar-refractivity contribution < 1.29 is 24.9 Å². The number of thioether (sulfide) groups is 1. The van der Waals surface area contributed by atoms with Crippen molar-refractivity contribution in [2.75, 3.05) is 11.5 Å². The van der Waals surface area contributed by atoms with Crippen LogP contribution >= 0.6 is 11.8 Å². The lowest BCUT2D eigenvalue weighted by Crippen LogP contribution is -2.65. The monoisotopic (exact) mass is 478 g/mol. The number of aliphatic hydroxyl groups is 2. The minimum Gasteiger partial charge on any atom is -0.481 e. The standard InChI is InChI=1S/C27H42O5S/c1-8-17(2)10-11-21-26(7)13-9-12-25(5,6)22(26)14-23(29)27(21,32)16-33-15-20(24(30)31)18(3)19(4)28/h8,10,20-23,29,32H,1,3,9,11-16H2,2,4-7H3,(H,30,31)/b17-10+. The molecule has 186 valence electrons. The van der Waals surface area contributed by atoms with Crippen LogP contribution in [0.3, 0.4) is 0 Å². The molecular weight excluding hydrogens is 436 g/mol. The van der Waals surface area contributed by atoms with E-state index >= 15 is 0 Å². The number of aliphatic hydroxyl groups excluding tert-OH is 1. The average molecular weight is 479 g/mol. The summed E-state index contributed by atoms with van der Waals surface area (Å²) in [6.07, 6.45) is 7.32. The van der Waals surface area contributed by atoms with Gasteiger partial charge in [-0.1, -0.05) is 58.1 Å². The van der Waals surface area contributed by atoms with Crippen molar-refractivity contribution in [1.29, 1.82) is 0 Å². The minimum absolute atomic E-state index is 0.0633. The molecule has 2 saturated carbocycles. The Bertz CT molecular complexity index is 815. The Morgan fingerprint density at radius 1 is 1.21 bits per heavy atom.